The van der Waals surface area contributed by atoms with Gasteiger partial charge >= 0.3 is 6.03 Å². The van der Waals surface area contributed by atoms with E-state index >= 15 is 0 Å². The zero-order valence-corrected chi connectivity index (χ0v) is 20.8. The molecule has 2 aromatic carbocycles. The summed E-state index contributed by atoms with van der Waals surface area (Å²) in [6, 6.07) is 16.3. The normalized spacial score (nSPS) is 12.0. The van der Waals surface area contributed by atoms with Crippen LogP contribution in [0.15, 0.2) is 53.5 Å². The zero-order chi connectivity index (χ0) is 21.2. The Balaban J connectivity index is 0.00000450. The van der Waals surface area contributed by atoms with Crippen LogP contribution in [0.2, 0.25) is 0 Å². The molecule has 2 rings (SSSR count). The first-order chi connectivity index (χ1) is 13.9. The highest BCUT2D eigenvalue weighted by atomic mass is 127. The Kier molecular flexibility index (Phi) is 11.2. The van der Waals surface area contributed by atoms with Crippen LogP contribution < -0.4 is 21.3 Å². The van der Waals surface area contributed by atoms with Crippen LogP contribution in [0, 0.1) is 6.92 Å². The second-order valence-corrected chi connectivity index (χ2v) is 7.57. The predicted octanol–water partition coefficient (Wildman–Crippen LogP) is 4.61. The summed E-state index contributed by atoms with van der Waals surface area (Å²) in [5.74, 6) is 1.15. The van der Waals surface area contributed by atoms with Crippen molar-refractivity contribution in [2.75, 3.05) is 18.9 Å². The lowest BCUT2D eigenvalue weighted by Gasteiger charge is -2.17. The van der Waals surface area contributed by atoms with E-state index in [4.69, 9.17) is 0 Å². The van der Waals surface area contributed by atoms with Gasteiger partial charge in [-0.25, -0.2) is 4.79 Å². The fourth-order valence-electron chi connectivity index (χ4n) is 2.89. The number of benzene rings is 2. The topological polar surface area (TPSA) is 77.5 Å². The first-order valence-electron chi connectivity index (χ1n) is 10.0. The molecule has 2 amide bonds. The number of aliphatic imine (C=N–C) groups is 1. The van der Waals surface area contributed by atoms with E-state index < -0.39 is 0 Å². The van der Waals surface area contributed by atoms with Crippen molar-refractivity contribution in [2.24, 2.45) is 4.99 Å². The molecule has 0 aromatic heterocycles. The number of halogens is 1. The van der Waals surface area contributed by atoms with Gasteiger partial charge in [-0.1, -0.05) is 48.9 Å². The first kappa shape index (κ1) is 25.7. The quantitative estimate of drug-likeness (QED) is 0.243. The molecule has 164 valence electrons. The highest BCUT2D eigenvalue weighted by molar-refractivity contribution is 14.0. The third-order valence-electron chi connectivity index (χ3n) is 4.50. The van der Waals surface area contributed by atoms with E-state index in [1.807, 2.05) is 38.1 Å². The monoisotopic (exact) mass is 523 g/mol. The maximum atomic E-state index is 11.8. The number of hydrogen-bond donors (Lipinski definition) is 4. The summed E-state index contributed by atoms with van der Waals surface area (Å²) in [5, 5.41) is 12.3. The molecule has 0 saturated heterocycles. The number of carbonyl (C=O) groups is 1. The van der Waals surface area contributed by atoms with Crippen molar-refractivity contribution in [2.45, 2.75) is 46.2 Å². The van der Waals surface area contributed by atoms with Crippen LogP contribution in [0.4, 0.5) is 10.5 Å². The minimum atomic E-state index is -0.196. The molecular weight excluding hydrogens is 489 g/mol. The number of guanidine groups is 1. The Morgan fingerprint density at radius 1 is 1.03 bits per heavy atom. The van der Waals surface area contributed by atoms with Crippen LogP contribution in [0.1, 0.15) is 43.4 Å². The zero-order valence-electron chi connectivity index (χ0n) is 18.5. The van der Waals surface area contributed by atoms with Gasteiger partial charge in [0.15, 0.2) is 5.96 Å². The maximum Gasteiger partial charge on any atom is 0.319 e. The van der Waals surface area contributed by atoms with E-state index in [1.54, 1.807) is 7.05 Å². The number of anilines is 1. The lowest BCUT2D eigenvalue weighted by atomic mass is 9.99. The van der Waals surface area contributed by atoms with Crippen LogP contribution in [0.25, 0.3) is 0 Å². The second-order valence-electron chi connectivity index (χ2n) is 7.57. The summed E-state index contributed by atoms with van der Waals surface area (Å²) in [6.07, 6.45) is 0. The summed E-state index contributed by atoms with van der Waals surface area (Å²) in [6.45, 7) is 9.62. The maximum absolute atomic E-state index is 11.8. The number of urea groups is 1. The van der Waals surface area contributed by atoms with E-state index in [-0.39, 0.29) is 36.0 Å². The predicted molar refractivity (Wildman–Crippen MR) is 137 cm³/mol. The van der Waals surface area contributed by atoms with Crippen molar-refractivity contribution in [3.63, 3.8) is 0 Å². The Hall–Kier alpha value is -2.29. The molecule has 0 bridgehead atoms. The van der Waals surface area contributed by atoms with Crippen molar-refractivity contribution in [1.82, 2.24) is 16.0 Å². The van der Waals surface area contributed by atoms with E-state index in [0.717, 1.165) is 23.8 Å². The number of amides is 2. The molecule has 6 nitrogen and oxygen atoms in total. The van der Waals surface area contributed by atoms with Gasteiger partial charge in [-0.05, 0) is 49.9 Å². The minimum absolute atomic E-state index is 0. The molecule has 0 saturated carbocycles. The molecule has 7 heteroatoms. The summed E-state index contributed by atoms with van der Waals surface area (Å²) in [7, 11) is 1.77. The molecule has 0 heterocycles. The molecule has 0 fully saturated rings. The van der Waals surface area contributed by atoms with Crippen LogP contribution >= 0.6 is 24.0 Å². The molecule has 1 atom stereocenters. The van der Waals surface area contributed by atoms with Crippen molar-refractivity contribution >= 4 is 41.7 Å². The number of rotatable bonds is 7. The van der Waals surface area contributed by atoms with E-state index in [9.17, 15) is 4.79 Å². The molecule has 1 unspecified atom stereocenters. The third kappa shape index (κ3) is 9.02. The Morgan fingerprint density at radius 2 is 1.73 bits per heavy atom. The molecule has 0 spiro atoms. The number of nitrogens with one attached hydrogen (secondary N) is 4. The second kappa shape index (κ2) is 13.1. The summed E-state index contributed by atoms with van der Waals surface area (Å²) in [5.41, 5.74) is 4.46. The summed E-state index contributed by atoms with van der Waals surface area (Å²) >= 11 is 0. The van der Waals surface area contributed by atoms with Gasteiger partial charge in [-0.2, -0.15) is 0 Å². The SMILES string of the molecule is CN=C(NCc1ccc(NC(=O)NC(C)C)cc1)NCC(C)c1cccc(C)c1.I. The van der Waals surface area contributed by atoms with Crippen molar-refractivity contribution in [3.05, 3.63) is 65.2 Å². The Bertz CT molecular complexity index is 821. The van der Waals surface area contributed by atoms with Gasteiger partial charge in [-0.15, -0.1) is 24.0 Å². The van der Waals surface area contributed by atoms with Gasteiger partial charge in [0.25, 0.3) is 0 Å². The van der Waals surface area contributed by atoms with Crippen LogP contribution in [-0.2, 0) is 6.54 Å². The van der Waals surface area contributed by atoms with Crippen LogP contribution in [0.5, 0.6) is 0 Å². The average Bonchev–Trinajstić information content (AvgIpc) is 2.68. The van der Waals surface area contributed by atoms with Gasteiger partial charge in [0, 0.05) is 31.9 Å². The number of hydrogen-bond acceptors (Lipinski definition) is 2. The van der Waals surface area contributed by atoms with Gasteiger partial charge in [0.2, 0.25) is 0 Å². The fourth-order valence-corrected chi connectivity index (χ4v) is 2.89. The van der Waals surface area contributed by atoms with Gasteiger partial charge in [-0.3, -0.25) is 4.99 Å². The molecule has 0 aliphatic heterocycles. The van der Waals surface area contributed by atoms with Crippen molar-refractivity contribution < 1.29 is 4.79 Å². The average molecular weight is 523 g/mol. The lowest BCUT2D eigenvalue weighted by molar-refractivity contribution is 0.250. The smallest absolute Gasteiger partial charge is 0.319 e. The standard InChI is InChI=1S/C23H33N5O.HI/c1-16(2)27-23(29)28-21-11-9-19(10-12-21)15-26-22(24-5)25-14-18(4)20-8-6-7-17(3)13-20;/h6-13,16,18H,14-15H2,1-5H3,(H2,24,25,26)(H2,27,28,29);1H. The molecule has 2 aromatic rings. The molecular formula is C23H34IN5O. The van der Waals surface area contributed by atoms with Crippen LogP contribution in [-0.4, -0.2) is 31.6 Å². The number of carbonyl (C=O) groups excluding carboxylic acids is 1. The fraction of sp³-hybridized carbons (Fsp3) is 0.391. The highest BCUT2D eigenvalue weighted by Crippen LogP contribution is 2.15. The van der Waals surface area contributed by atoms with Crippen molar-refractivity contribution in [1.29, 1.82) is 0 Å². The summed E-state index contributed by atoms with van der Waals surface area (Å²) < 4.78 is 0. The third-order valence-corrected chi connectivity index (χ3v) is 4.50. The highest BCUT2D eigenvalue weighted by Gasteiger charge is 2.07. The first-order valence-corrected chi connectivity index (χ1v) is 10.0. The number of aryl methyl sites for hydroxylation is 1. The van der Waals surface area contributed by atoms with Gasteiger partial charge in [0.05, 0.1) is 0 Å². The molecule has 0 radical (unpaired) electrons. The Morgan fingerprint density at radius 3 is 2.33 bits per heavy atom. The minimum Gasteiger partial charge on any atom is -0.356 e. The molecule has 30 heavy (non-hydrogen) atoms. The lowest BCUT2D eigenvalue weighted by Crippen LogP contribution is -2.38. The van der Waals surface area contributed by atoms with E-state index in [1.165, 1.54) is 11.1 Å². The van der Waals surface area contributed by atoms with Crippen molar-refractivity contribution in [3.8, 4) is 0 Å². The number of nitrogens with zero attached hydrogens (tertiary/aromatic N) is 1. The van der Waals surface area contributed by atoms with Crippen LogP contribution in [0.3, 0.4) is 0 Å². The molecule has 4 N–H and O–H groups in total. The van der Waals surface area contributed by atoms with Gasteiger partial charge < -0.3 is 21.3 Å². The van der Waals surface area contributed by atoms with Gasteiger partial charge in [0.1, 0.15) is 0 Å². The molecule has 0 aliphatic rings. The molecule has 0 aliphatic carbocycles. The van der Waals surface area contributed by atoms with E-state index in [0.29, 0.717) is 12.5 Å². The van der Waals surface area contributed by atoms with E-state index in [2.05, 4.69) is 64.4 Å². The summed E-state index contributed by atoms with van der Waals surface area (Å²) in [4.78, 5) is 16.1. The Labute approximate surface area is 197 Å². The largest absolute Gasteiger partial charge is 0.356 e.